The molecule has 0 N–H and O–H groups in total. The fourth-order valence-corrected chi connectivity index (χ4v) is 3.07. The topological polar surface area (TPSA) is 74.8 Å². The first-order chi connectivity index (χ1) is 14.8. The number of benzene rings is 2. The number of hydrogen-bond acceptors (Lipinski definition) is 5. The number of rotatable bonds is 6. The lowest BCUT2D eigenvalue weighted by molar-refractivity contribution is -0.137. The van der Waals surface area contributed by atoms with Crippen molar-refractivity contribution >= 4 is 5.78 Å². The first-order valence-electron chi connectivity index (χ1n) is 9.14. The van der Waals surface area contributed by atoms with Crippen LogP contribution in [-0.2, 0) is 19.8 Å². The summed E-state index contributed by atoms with van der Waals surface area (Å²) in [6, 6.07) is 12.5. The van der Waals surface area contributed by atoms with Crippen LogP contribution in [0.4, 0.5) is 13.2 Å². The number of ether oxygens (including phenoxy) is 1. The van der Waals surface area contributed by atoms with Gasteiger partial charge in [0.1, 0.15) is 24.8 Å². The van der Waals surface area contributed by atoms with Gasteiger partial charge in [-0.05, 0) is 23.8 Å². The van der Waals surface area contributed by atoms with Crippen molar-refractivity contribution in [1.29, 1.82) is 0 Å². The minimum Gasteiger partial charge on any atom is -0.472 e. The molecular weight excluding hydrogens is 411 g/mol. The van der Waals surface area contributed by atoms with E-state index in [1.807, 2.05) is 30.3 Å². The fraction of sp³-hybridized carbons (Fsp3) is 0.143. The Hall–Kier alpha value is -3.95. The molecule has 7 nitrogen and oxygen atoms in total. The third-order valence-corrected chi connectivity index (χ3v) is 4.58. The van der Waals surface area contributed by atoms with Gasteiger partial charge < -0.3 is 4.74 Å². The molecule has 4 aromatic rings. The molecule has 0 aliphatic carbocycles. The average Bonchev–Trinajstić information content (AvgIpc) is 3.42. The lowest BCUT2D eigenvalue weighted by Crippen LogP contribution is -2.15. The van der Waals surface area contributed by atoms with Gasteiger partial charge in [-0.15, -0.1) is 0 Å². The molecule has 2 aromatic heterocycles. The van der Waals surface area contributed by atoms with Gasteiger partial charge in [-0.1, -0.05) is 30.3 Å². The van der Waals surface area contributed by atoms with E-state index in [0.717, 1.165) is 17.7 Å². The second-order valence-corrected chi connectivity index (χ2v) is 6.66. The van der Waals surface area contributed by atoms with E-state index in [9.17, 15) is 18.0 Å². The molecule has 31 heavy (non-hydrogen) atoms. The van der Waals surface area contributed by atoms with Gasteiger partial charge in [0, 0.05) is 12.6 Å². The van der Waals surface area contributed by atoms with E-state index in [4.69, 9.17) is 4.74 Å². The smallest absolute Gasteiger partial charge is 0.417 e. The highest BCUT2D eigenvalue weighted by Gasteiger charge is 2.37. The van der Waals surface area contributed by atoms with E-state index in [0.29, 0.717) is 0 Å². The maximum Gasteiger partial charge on any atom is 0.417 e. The lowest BCUT2D eigenvalue weighted by atomic mass is 9.98. The molecule has 0 saturated heterocycles. The van der Waals surface area contributed by atoms with E-state index >= 15 is 0 Å². The monoisotopic (exact) mass is 427 g/mol. The number of halogens is 3. The highest BCUT2D eigenvalue weighted by Crippen LogP contribution is 2.35. The van der Waals surface area contributed by atoms with Crippen molar-refractivity contribution < 1.29 is 22.7 Å². The van der Waals surface area contributed by atoms with Crippen molar-refractivity contribution in [2.45, 2.75) is 12.8 Å². The number of ketones is 1. The van der Waals surface area contributed by atoms with Gasteiger partial charge in [0.2, 0.25) is 11.7 Å². The van der Waals surface area contributed by atoms with Gasteiger partial charge in [-0.25, -0.2) is 14.3 Å². The molecule has 0 aliphatic rings. The van der Waals surface area contributed by atoms with Crippen LogP contribution < -0.4 is 4.74 Å². The molecule has 4 rings (SSSR count). The van der Waals surface area contributed by atoms with Crippen molar-refractivity contribution in [2.24, 2.45) is 7.05 Å². The van der Waals surface area contributed by atoms with Gasteiger partial charge >= 0.3 is 6.18 Å². The Morgan fingerprint density at radius 2 is 1.84 bits per heavy atom. The number of aromatic nitrogens is 5. The molecule has 2 aromatic carbocycles. The summed E-state index contributed by atoms with van der Waals surface area (Å²) in [7, 11) is 1.55. The normalized spacial score (nSPS) is 11.5. The molecular formula is C21H16F3N5O2. The summed E-state index contributed by atoms with van der Waals surface area (Å²) in [6.07, 6.45) is -1.07. The molecule has 0 radical (unpaired) electrons. The Kier molecular flexibility index (Phi) is 5.28. The molecule has 0 bridgehead atoms. The number of hydrogen-bond donors (Lipinski definition) is 0. The van der Waals surface area contributed by atoms with Gasteiger partial charge in [0.05, 0.1) is 17.4 Å². The molecule has 2 heterocycles. The summed E-state index contributed by atoms with van der Waals surface area (Å²) >= 11 is 0. The van der Waals surface area contributed by atoms with Crippen molar-refractivity contribution in [3.05, 3.63) is 89.6 Å². The summed E-state index contributed by atoms with van der Waals surface area (Å²) < 4.78 is 49.5. The minimum atomic E-state index is -4.76. The summed E-state index contributed by atoms with van der Waals surface area (Å²) in [5.74, 6) is -0.754. The molecule has 0 spiro atoms. The van der Waals surface area contributed by atoms with Crippen molar-refractivity contribution in [3.8, 4) is 11.6 Å². The van der Waals surface area contributed by atoms with Crippen molar-refractivity contribution in [2.75, 3.05) is 0 Å². The van der Waals surface area contributed by atoms with Crippen LogP contribution in [0.25, 0.3) is 5.69 Å². The van der Waals surface area contributed by atoms with E-state index in [1.165, 1.54) is 34.3 Å². The Morgan fingerprint density at radius 1 is 1.06 bits per heavy atom. The van der Waals surface area contributed by atoms with Crippen LogP contribution in [0.15, 0.2) is 67.4 Å². The highest BCUT2D eigenvalue weighted by molar-refractivity contribution is 6.11. The van der Waals surface area contributed by atoms with Gasteiger partial charge in [-0.3, -0.25) is 4.79 Å². The van der Waals surface area contributed by atoms with Crippen LogP contribution in [0.2, 0.25) is 0 Å². The van der Waals surface area contributed by atoms with Crippen LogP contribution >= 0.6 is 0 Å². The number of carbonyl (C=O) groups is 1. The Labute approximate surface area is 174 Å². The first kappa shape index (κ1) is 20.3. The van der Waals surface area contributed by atoms with E-state index in [-0.39, 0.29) is 23.7 Å². The molecule has 10 heteroatoms. The number of carbonyl (C=O) groups excluding carboxylic acids is 1. The maximum absolute atomic E-state index is 13.8. The predicted molar refractivity (Wildman–Crippen MR) is 104 cm³/mol. The molecule has 0 unspecified atom stereocenters. The summed E-state index contributed by atoms with van der Waals surface area (Å²) in [5, 5.41) is 7.83. The molecule has 0 saturated carbocycles. The van der Waals surface area contributed by atoms with Gasteiger partial charge in [-0.2, -0.15) is 23.4 Å². The third kappa shape index (κ3) is 4.18. The zero-order valence-electron chi connectivity index (χ0n) is 16.2. The van der Waals surface area contributed by atoms with E-state index < -0.39 is 23.1 Å². The summed E-state index contributed by atoms with van der Waals surface area (Å²) in [6.45, 7) is 0.137. The van der Waals surface area contributed by atoms with E-state index in [2.05, 4.69) is 15.2 Å². The highest BCUT2D eigenvalue weighted by atomic mass is 19.4. The Morgan fingerprint density at radius 3 is 2.52 bits per heavy atom. The number of nitrogens with zero attached hydrogens (tertiary/aromatic N) is 5. The van der Waals surface area contributed by atoms with Crippen LogP contribution in [0.3, 0.4) is 0 Å². The lowest BCUT2D eigenvalue weighted by Gasteiger charge is -2.14. The first-order valence-corrected chi connectivity index (χ1v) is 9.14. The molecule has 0 aliphatic heterocycles. The second-order valence-electron chi connectivity index (χ2n) is 6.66. The zero-order chi connectivity index (χ0) is 22.0. The Bertz CT molecular complexity index is 1200. The quantitative estimate of drug-likeness (QED) is 0.437. The van der Waals surface area contributed by atoms with Crippen LogP contribution in [0, 0.1) is 0 Å². The zero-order valence-corrected chi connectivity index (χ0v) is 16.2. The van der Waals surface area contributed by atoms with E-state index in [1.54, 1.807) is 7.05 Å². The van der Waals surface area contributed by atoms with Gasteiger partial charge in [0.15, 0.2) is 0 Å². The second kappa shape index (κ2) is 8.05. The van der Waals surface area contributed by atoms with Crippen molar-refractivity contribution in [1.82, 2.24) is 24.5 Å². The molecule has 0 atom stereocenters. The van der Waals surface area contributed by atoms with Gasteiger partial charge in [0.25, 0.3) is 0 Å². The minimum absolute atomic E-state index is 0.0579. The van der Waals surface area contributed by atoms with Crippen LogP contribution in [0.1, 0.15) is 27.0 Å². The average molecular weight is 427 g/mol. The number of alkyl halides is 3. The Balaban J connectivity index is 1.70. The third-order valence-electron chi connectivity index (χ3n) is 4.58. The van der Waals surface area contributed by atoms with Crippen molar-refractivity contribution in [3.63, 3.8) is 0 Å². The fourth-order valence-electron chi connectivity index (χ4n) is 3.07. The summed E-state index contributed by atoms with van der Waals surface area (Å²) in [5.41, 5.74) is -0.668. The molecule has 158 valence electrons. The summed E-state index contributed by atoms with van der Waals surface area (Å²) in [4.78, 5) is 16.8. The SMILES string of the molecule is Cn1ncc(C(=O)c2ccc(-n3cncn3)cc2C(F)(F)F)c1OCc1ccccc1. The largest absolute Gasteiger partial charge is 0.472 e. The standard InChI is InChI=1S/C21H16F3N5O2/c1-28-20(31-11-14-5-3-2-4-6-14)17(10-26-28)19(30)16-8-7-15(29-13-25-12-27-29)9-18(16)21(22,23)24/h2-10,12-13H,11H2,1H3. The molecule has 0 fully saturated rings. The van der Waals surface area contributed by atoms with Crippen LogP contribution in [0.5, 0.6) is 5.88 Å². The molecule has 0 amide bonds. The number of aryl methyl sites for hydroxylation is 1. The maximum atomic E-state index is 13.8. The van der Waals surface area contributed by atoms with Crippen LogP contribution in [-0.4, -0.2) is 30.3 Å². The predicted octanol–water partition coefficient (Wildman–Crippen LogP) is 3.83.